The maximum absolute atomic E-state index is 12.4. The molecule has 1 heterocycles. The summed E-state index contributed by atoms with van der Waals surface area (Å²) in [4.78, 5) is 0. The van der Waals surface area contributed by atoms with Crippen molar-refractivity contribution in [2.45, 2.75) is 26.2 Å². The average molecular weight is 272 g/mol. The topological polar surface area (TPSA) is 26.3 Å². The Bertz CT molecular complexity index is 634. The van der Waals surface area contributed by atoms with Crippen molar-refractivity contribution in [1.29, 1.82) is 0 Å². The van der Waals surface area contributed by atoms with Gasteiger partial charge in [-0.15, -0.1) is 0 Å². The van der Waals surface area contributed by atoms with Crippen LogP contribution in [0.2, 0.25) is 0 Å². The van der Waals surface area contributed by atoms with Crippen molar-refractivity contribution in [2.24, 2.45) is 0 Å². The van der Waals surface area contributed by atoms with Crippen LogP contribution in [-0.4, -0.2) is 0 Å². The van der Waals surface area contributed by atoms with E-state index in [0.717, 1.165) is 41.4 Å². The second kappa shape index (κ2) is 5.22. The predicted molar refractivity (Wildman–Crippen MR) is 79.8 cm³/mol. The highest BCUT2D eigenvalue weighted by atomic mass is 31.1. The number of fused-ring (bicyclic) bond motifs is 3. The van der Waals surface area contributed by atoms with E-state index in [1.807, 2.05) is 24.3 Å². The smallest absolute Gasteiger partial charge is 0.266 e. The Labute approximate surface area is 114 Å². The number of para-hydroxylation sites is 1. The van der Waals surface area contributed by atoms with Gasteiger partial charge in [-0.05, 0) is 30.0 Å². The van der Waals surface area contributed by atoms with Crippen LogP contribution in [0.1, 0.15) is 25.3 Å². The largest absolute Gasteiger partial charge is 0.441 e. The molecule has 2 aromatic rings. The first-order valence-corrected chi connectivity index (χ1v) is 8.06. The lowest BCUT2D eigenvalue weighted by atomic mass is 9.99. The normalized spacial score (nSPS) is 16.4. The van der Waals surface area contributed by atoms with Crippen LogP contribution < -0.4 is 9.83 Å². The van der Waals surface area contributed by atoms with Gasteiger partial charge in [-0.25, -0.2) is 0 Å². The number of benzene rings is 2. The van der Waals surface area contributed by atoms with E-state index in [1.54, 1.807) is 0 Å². The summed E-state index contributed by atoms with van der Waals surface area (Å²) in [5, 5.41) is 0.930. The summed E-state index contributed by atoms with van der Waals surface area (Å²) in [5.74, 6) is 0.742. The van der Waals surface area contributed by atoms with Crippen molar-refractivity contribution in [2.75, 3.05) is 0 Å². The first-order chi connectivity index (χ1) is 9.31. The molecule has 0 aromatic heterocycles. The second-order valence-corrected chi connectivity index (χ2v) is 6.11. The van der Waals surface area contributed by atoms with Gasteiger partial charge in [0.25, 0.3) is 8.03 Å². The Morgan fingerprint density at radius 2 is 1.84 bits per heavy atom. The molecule has 0 N–H and O–H groups in total. The molecule has 0 aliphatic carbocycles. The van der Waals surface area contributed by atoms with Gasteiger partial charge < -0.3 is 4.52 Å². The van der Waals surface area contributed by atoms with Gasteiger partial charge in [0, 0.05) is 5.56 Å². The van der Waals surface area contributed by atoms with E-state index in [0.29, 0.717) is 0 Å². The average Bonchev–Trinajstić information content (AvgIpc) is 2.45. The molecule has 3 heteroatoms. The summed E-state index contributed by atoms with van der Waals surface area (Å²) >= 11 is 0. The molecule has 0 fully saturated rings. The highest BCUT2D eigenvalue weighted by Gasteiger charge is 2.24. The van der Waals surface area contributed by atoms with Crippen LogP contribution in [0.5, 0.6) is 5.75 Å². The van der Waals surface area contributed by atoms with E-state index in [-0.39, 0.29) is 0 Å². The van der Waals surface area contributed by atoms with E-state index < -0.39 is 8.03 Å². The highest BCUT2D eigenvalue weighted by molar-refractivity contribution is 7.49. The third kappa shape index (κ3) is 2.21. The van der Waals surface area contributed by atoms with Crippen molar-refractivity contribution in [3.8, 4) is 16.9 Å². The first-order valence-electron chi connectivity index (χ1n) is 6.74. The monoisotopic (exact) mass is 272 g/mol. The summed E-state index contributed by atoms with van der Waals surface area (Å²) in [6.45, 7) is 2.17. The molecule has 0 amide bonds. The zero-order valence-corrected chi connectivity index (χ0v) is 12.0. The summed E-state index contributed by atoms with van der Waals surface area (Å²) in [6.07, 6.45) is 3.23. The van der Waals surface area contributed by atoms with E-state index in [2.05, 4.69) is 25.1 Å². The molecule has 1 aliphatic heterocycles. The minimum Gasteiger partial charge on any atom is -0.441 e. The number of rotatable bonds is 3. The summed E-state index contributed by atoms with van der Waals surface area (Å²) in [7, 11) is -2.17. The SMILES string of the molecule is CCCCc1cccc2c1[PH](=O)Oc1ccccc1-2. The van der Waals surface area contributed by atoms with E-state index in [4.69, 9.17) is 4.52 Å². The molecule has 98 valence electrons. The number of hydrogen-bond acceptors (Lipinski definition) is 2. The zero-order valence-electron chi connectivity index (χ0n) is 11.0. The van der Waals surface area contributed by atoms with Crippen molar-refractivity contribution in [1.82, 2.24) is 0 Å². The lowest BCUT2D eigenvalue weighted by molar-refractivity contribution is 0.513. The third-order valence-electron chi connectivity index (χ3n) is 3.53. The van der Waals surface area contributed by atoms with Crippen LogP contribution in [0.25, 0.3) is 11.1 Å². The lowest BCUT2D eigenvalue weighted by Crippen LogP contribution is -2.15. The molecule has 1 atom stereocenters. The van der Waals surface area contributed by atoms with Gasteiger partial charge in [0.05, 0.1) is 5.30 Å². The van der Waals surface area contributed by atoms with E-state index in [1.165, 1.54) is 5.56 Å². The van der Waals surface area contributed by atoms with E-state index in [9.17, 15) is 4.57 Å². The van der Waals surface area contributed by atoms with Crippen molar-refractivity contribution in [3.05, 3.63) is 48.0 Å². The molecule has 19 heavy (non-hydrogen) atoms. The first kappa shape index (κ1) is 12.5. The molecular formula is C16H17O2P. The molecule has 2 aromatic carbocycles. The second-order valence-electron chi connectivity index (χ2n) is 4.83. The predicted octanol–water partition coefficient (Wildman–Crippen LogP) is 4.19. The maximum atomic E-state index is 12.4. The minimum atomic E-state index is -2.17. The number of hydrogen-bond donors (Lipinski definition) is 0. The third-order valence-corrected chi connectivity index (χ3v) is 4.94. The van der Waals surface area contributed by atoms with Crippen LogP contribution in [-0.2, 0) is 11.0 Å². The zero-order chi connectivity index (χ0) is 13.2. The summed E-state index contributed by atoms with van der Waals surface area (Å²) in [6, 6.07) is 14.0. The van der Waals surface area contributed by atoms with Gasteiger partial charge in [0.1, 0.15) is 5.75 Å². The molecule has 0 radical (unpaired) electrons. The Hall–Kier alpha value is -1.53. The van der Waals surface area contributed by atoms with Crippen LogP contribution >= 0.6 is 8.03 Å². The van der Waals surface area contributed by atoms with Gasteiger partial charge in [0.2, 0.25) is 0 Å². The van der Waals surface area contributed by atoms with Gasteiger partial charge >= 0.3 is 0 Å². The molecule has 3 rings (SSSR count). The Kier molecular flexibility index (Phi) is 3.44. The number of unbranched alkanes of at least 4 members (excludes halogenated alkanes) is 1. The fraction of sp³-hybridized carbons (Fsp3) is 0.250. The molecule has 1 unspecified atom stereocenters. The van der Waals surface area contributed by atoms with Crippen LogP contribution in [0.3, 0.4) is 0 Å². The molecule has 2 nitrogen and oxygen atoms in total. The summed E-state index contributed by atoms with van der Waals surface area (Å²) in [5.41, 5.74) is 3.32. The maximum Gasteiger partial charge on any atom is 0.266 e. The summed E-state index contributed by atoms with van der Waals surface area (Å²) < 4.78 is 18.0. The van der Waals surface area contributed by atoms with Crippen molar-refractivity contribution >= 4 is 13.3 Å². The van der Waals surface area contributed by atoms with Crippen LogP contribution in [0.15, 0.2) is 42.5 Å². The highest BCUT2D eigenvalue weighted by Crippen LogP contribution is 2.43. The Balaban J connectivity index is 2.15. The van der Waals surface area contributed by atoms with Gasteiger partial charge in [0.15, 0.2) is 0 Å². The number of aryl methyl sites for hydroxylation is 1. The fourth-order valence-corrected chi connectivity index (χ4v) is 3.96. The van der Waals surface area contributed by atoms with Crippen molar-refractivity contribution in [3.63, 3.8) is 0 Å². The Morgan fingerprint density at radius 1 is 1.05 bits per heavy atom. The molecule has 0 saturated heterocycles. The molecule has 0 spiro atoms. The standard InChI is InChI=1S/C16H17O2P/c1-2-3-7-12-8-6-10-14-13-9-4-5-11-15(13)18-19(17)16(12)14/h4-6,8-11,19H,2-3,7H2,1H3. The van der Waals surface area contributed by atoms with E-state index >= 15 is 0 Å². The molecule has 0 saturated carbocycles. The van der Waals surface area contributed by atoms with Gasteiger partial charge in [-0.3, -0.25) is 4.57 Å². The molecular weight excluding hydrogens is 255 g/mol. The molecule has 0 bridgehead atoms. The lowest BCUT2D eigenvalue weighted by Gasteiger charge is -2.22. The van der Waals surface area contributed by atoms with Crippen molar-refractivity contribution < 1.29 is 9.09 Å². The molecule has 1 aliphatic rings. The van der Waals surface area contributed by atoms with Crippen LogP contribution in [0, 0.1) is 0 Å². The van der Waals surface area contributed by atoms with Gasteiger partial charge in [-0.1, -0.05) is 49.7 Å². The quantitative estimate of drug-likeness (QED) is 0.783. The van der Waals surface area contributed by atoms with Gasteiger partial charge in [-0.2, -0.15) is 0 Å². The fourth-order valence-electron chi connectivity index (χ4n) is 2.57. The minimum absolute atomic E-state index is 0.742. The Morgan fingerprint density at radius 3 is 2.68 bits per heavy atom. The van der Waals surface area contributed by atoms with Crippen LogP contribution in [0.4, 0.5) is 0 Å².